The number of aryl methyl sites for hydroxylation is 1. The van der Waals surface area contributed by atoms with Gasteiger partial charge in [-0.25, -0.2) is 8.42 Å². The molecule has 0 aromatic heterocycles. The average molecular weight is 378 g/mol. The summed E-state index contributed by atoms with van der Waals surface area (Å²) < 4.78 is 34.0. The SMILES string of the molecule is C#CCC(C/C=C/CS(=O)(=O)c1ccc(C)cc1)(C(=O)OC)C(=O)OC. The summed E-state index contributed by atoms with van der Waals surface area (Å²) in [6.45, 7) is 1.86. The number of rotatable bonds is 8. The Kier molecular flexibility index (Phi) is 7.59. The van der Waals surface area contributed by atoms with Crippen molar-refractivity contribution in [2.24, 2.45) is 5.41 Å². The van der Waals surface area contributed by atoms with Crippen molar-refractivity contribution < 1.29 is 27.5 Å². The summed E-state index contributed by atoms with van der Waals surface area (Å²) in [5.74, 6) is 0.349. The minimum atomic E-state index is -3.52. The van der Waals surface area contributed by atoms with Gasteiger partial charge in [-0.1, -0.05) is 29.8 Å². The van der Waals surface area contributed by atoms with Gasteiger partial charge in [-0.15, -0.1) is 12.3 Å². The number of benzene rings is 1. The third-order valence-electron chi connectivity index (χ3n) is 3.88. The number of ether oxygens (including phenoxy) is 2. The van der Waals surface area contributed by atoms with Crippen molar-refractivity contribution in [3.63, 3.8) is 0 Å². The fourth-order valence-electron chi connectivity index (χ4n) is 2.35. The fourth-order valence-corrected chi connectivity index (χ4v) is 3.49. The maximum atomic E-state index is 12.3. The van der Waals surface area contributed by atoms with Crippen LogP contribution in [0.3, 0.4) is 0 Å². The molecule has 0 aliphatic rings. The number of sulfone groups is 1. The molecular formula is C19H22O6S. The van der Waals surface area contributed by atoms with E-state index in [1.54, 1.807) is 12.1 Å². The minimum Gasteiger partial charge on any atom is -0.468 e. The molecule has 26 heavy (non-hydrogen) atoms. The summed E-state index contributed by atoms with van der Waals surface area (Å²) in [5.41, 5.74) is -0.739. The van der Waals surface area contributed by atoms with E-state index in [9.17, 15) is 18.0 Å². The van der Waals surface area contributed by atoms with Crippen molar-refractivity contribution in [1.29, 1.82) is 0 Å². The highest BCUT2D eigenvalue weighted by molar-refractivity contribution is 7.91. The molecule has 0 atom stereocenters. The van der Waals surface area contributed by atoms with Crippen LogP contribution in [0.5, 0.6) is 0 Å². The molecule has 140 valence electrons. The Balaban J connectivity index is 2.98. The van der Waals surface area contributed by atoms with Gasteiger partial charge in [-0.3, -0.25) is 9.59 Å². The molecule has 0 unspecified atom stereocenters. The van der Waals surface area contributed by atoms with Crippen molar-refractivity contribution in [1.82, 2.24) is 0 Å². The number of esters is 2. The van der Waals surface area contributed by atoms with Gasteiger partial charge in [0.1, 0.15) is 0 Å². The summed E-state index contributed by atoms with van der Waals surface area (Å²) in [5, 5.41) is 0. The van der Waals surface area contributed by atoms with Crippen LogP contribution in [0.15, 0.2) is 41.3 Å². The van der Waals surface area contributed by atoms with E-state index in [0.29, 0.717) is 0 Å². The van der Waals surface area contributed by atoms with Gasteiger partial charge in [0.15, 0.2) is 15.3 Å². The Bertz CT molecular complexity index is 797. The molecule has 0 fully saturated rings. The summed E-state index contributed by atoms with van der Waals surface area (Å²) in [6.07, 6.45) is 7.74. The first-order valence-corrected chi connectivity index (χ1v) is 9.43. The van der Waals surface area contributed by atoms with Crippen molar-refractivity contribution in [3.8, 4) is 12.3 Å². The summed E-state index contributed by atoms with van der Waals surface area (Å²) in [7, 11) is -1.24. The lowest BCUT2D eigenvalue weighted by atomic mass is 9.81. The Morgan fingerprint density at radius 1 is 1.12 bits per heavy atom. The highest BCUT2D eigenvalue weighted by Gasteiger charge is 2.47. The van der Waals surface area contributed by atoms with Crippen LogP contribution in [0.25, 0.3) is 0 Å². The third kappa shape index (κ3) is 4.96. The summed E-state index contributed by atoms with van der Waals surface area (Å²) in [6, 6.07) is 6.49. The molecule has 0 heterocycles. The molecule has 1 aromatic carbocycles. The van der Waals surface area contributed by atoms with Crippen LogP contribution in [0.2, 0.25) is 0 Å². The molecule has 0 spiro atoms. The quantitative estimate of drug-likeness (QED) is 0.298. The Morgan fingerprint density at radius 3 is 2.12 bits per heavy atom. The van der Waals surface area contributed by atoms with E-state index in [1.165, 1.54) is 24.3 Å². The molecule has 0 saturated carbocycles. The lowest BCUT2D eigenvalue weighted by Gasteiger charge is -2.24. The van der Waals surface area contributed by atoms with Gasteiger partial charge in [-0.05, 0) is 25.5 Å². The maximum Gasteiger partial charge on any atom is 0.324 e. The van der Waals surface area contributed by atoms with Gasteiger partial charge in [0.05, 0.1) is 24.9 Å². The number of hydrogen-bond donors (Lipinski definition) is 0. The molecular weight excluding hydrogens is 356 g/mol. The molecule has 1 rings (SSSR count). The minimum absolute atomic E-state index is 0.125. The number of carbonyl (C=O) groups is 2. The number of terminal acetylenes is 1. The second kappa shape index (κ2) is 9.20. The molecule has 7 heteroatoms. The topological polar surface area (TPSA) is 86.7 Å². The van der Waals surface area contributed by atoms with Crippen molar-refractivity contribution in [2.75, 3.05) is 20.0 Å². The molecule has 1 aromatic rings. The van der Waals surface area contributed by atoms with E-state index >= 15 is 0 Å². The van der Waals surface area contributed by atoms with Gasteiger partial charge in [-0.2, -0.15) is 0 Å². The third-order valence-corrected chi connectivity index (χ3v) is 5.51. The van der Waals surface area contributed by atoms with Gasteiger partial charge < -0.3 is 9.47 Å². The zero-order valence-electron chi connectivity index (χ0n) is 15.0. The van der Waals surface area contributed by atoms with Crippen LogP contribution in [0, 0.1) is 24.7 Å². The number of carbonyl (C=O) groups excluding carboxylic acids is 2. The van der Waals surface area contributed by atoms with Gasteiger partial charge in [0, 0.05) is 6.42 Å². The molecule has 0 bridgehead atoms. The fraction of sp³-hybridized carbons (Fsp3) is 0.368. The molecule has 0 amide bonds. The normalized spacial score (nSPS) is 11.8. The molecule has 0 radical (unpaired) electrons. The number of hydrogen-bond acceptors (Lipinski definition) is 6. The van der Waals surface area contributed by atoms with Crippen LogP contribution < -0.4 is 0 Å². The molecule has 0 N–H and O–H groups in total. The van der Waals surface area contributed by atoms with Crippen LogP contribution in [0.1, 0.15) is 18.4 Å². The van der Waals surface area contributed by atoms with E-state index < -0.39 is 27.2 Å². The zero-order valence-corrected chi connectivity index (χ0v) is 15.8. The Morgan fingerprint density at radius 2 is 1.65 bits per heavy atom. The van der Waals surface area contributed by atoms with E-state index in [-0.39, 0.29) is 23.5 Å². The first-order chi connectivity index (χ1) is 12.2. The standard InChI is InChI=1S/C19H22O6S/c1-5-12-19(17(20)24-3,18(21)25-4)13-6-7-14-26(22,23)16-10-8-15(2)9-11-16/h1,6-11H,12-14H2,2-4H3/b7-6+. The molecule has 0 aliphatic carbocycles. The van der Waals surface area contributed by atoms with Gasteiger partial charge >= 0.3 is 11.9 Å². The Labute approximate surface area is 154 Å². The monoisotopic (exact) mass is 378 g/mol. The van der Waals surface area contributed by atoms with Crippen molar-refractivity contribution in [3.05, 3.63) is 42.0 Å². The molecule has 6 nitrogen and oxygen atoms in total. The van der Waals surface area contributed by atoms with E-state index in [4.69, 9.17) is 6.42 Å². The van der Waals surface area contributed by atoms with Gasteiger partial charge in [0.2, 0.25) is 0 Å². The van der Waals surface area contributed by atoms with Gasteiger partial charge in [0.25, 0.3) is 0 Å². The van der Waals surface area contributed by atoms with E-state index in [2.05, 4.69) is 15.4 Å². The van der Waals surface area contributed by atoms with E-state index in [1.807, 2.05) is 6.92 Å². The highest BCUT2D eigenvalue weighted by Crippen LogP contribution is 2.30. The van der Waals surface area contributed by atoms with E-state index in [0.717, 1.165) is 19.8 Å². The first kappa shape index (κ1) is 21.5. The van der Waals surface area contributed by atoms with Crippen molar-refractivity contribution in [2.45, 2.75) is 24.7 Å². The van der Waals surface area contributed by atoms with Crippen LogP contribution in [-0.4, -0.2) is 40.3 Å². The summed E-state index contributed by atoms with van der Waals surface area (Å²) >= 11 is 0. The molecule has 0 saturated heterocycles. The Hall–Kier alpha value is -2.59. The predicted molar refractivity (Wildman–Crippen MR) is 96.9 cm³/mol. The van der Waals surface area contributed by atoms with Crippen LogP contribution >= 0.6 is 0 Å². The first-order valence-electron chi connectivity index (χ1n) is 7.78. The predicted octanol–water partition coefficient (Wildman–Crippen LogP) is 2.07. The zero-order chi connectivity index (χ0) is 19.8. The highest BCUT2D eigenvalue weighted by atomic mass is 32.2. The number of allylic oxidation sites excluding steroid dienone is 1. The van der Waals surface area contributed by atoms with Crippen LogP contribution in [0.4, 0.5) is 0 Å². The number of methoxy groups -OCH3 is 2. The van der Waals surface area contributed by atoms with Crippen molar-refractivity contribution >= 4 is 21.8 Å². The summed E-state index contributed by atoms with van der Waals surface area (Å²) in [4.78, 5) is 24.4. The smallest absolute Gasteiger partial charge is 0.324 e. The second-order valence-electron chi connectivity index (χ2n) is 5.72. The second-order valence-corrected chi connectivity index (χ2v) is 7.75. The average Bonchev–Trinajstić information content (AvgIpc) is 2.63. The lowest BCUT2D eigenvalue weighted by Crippen LogP contribution is -2.40. The molecule has 0 aliphatic heterocycles. The van der Waals surface area contributed by atoms with Crippen LogP contribution in [-0.2, 0) is 28.9 Å². The largest absolute Gasteiger partial charge is 0.468 e. The maximum absolute atomic E-state index is 12.3. The lowest BCUT2D eigenvalue weighted by molar-refractivity contribution is -0.168.